The lowest BCUT2D eigenvalue weighted by atomic mass is 9.77. The van der Waals surface area contributed by atoms with Gasteiger partial charge in [0.25, 0.3) is 0 Å². The Morgan fingerprint density at radius 2 is 1.88 bits per heavy atom. The summed E-state index contributed by atoms with van der Waals surface area (Å²) in [5.41, 5.74) is 3.49. The highest BCUT2D eigenvalue weighted by atomic mass is 16.5. The van der Waals surface area contributed by atoms with E-state index in [0.717, 1.165) is 49.7 Å². The van der Waals surface area contributed by atoms with Crippen molar-refractivity contribution in [3.8, 4) is 0 Å². The average Bonchev–Trinajstić information content (AvgIpc) is 2.77. The zero-order valence-electron chi connectivity index (χ0n) is 21.5. The molecule has 1 atom stereocenters. The van der Waals surface area contributed by atoms with Crippen molar-refractivity contribution in [2.75, 3.05) is 6.61 Å². The smallest absolute Gasteiger partial charge is 0.342 e. The Hall–Kier alpha value is -2.69. The standard InChI is InChI=1S/C29H40O5/c1-6-7-8-15-23-25(29(33)34-17-16-20(4)12-9-11-19(2)3)27(31)24(28(32)26(23)30)22-14-10-13-21(5)18-22/h11,16,18,22,31H,6-10,12-15,17H2,1-5H3/b20-16+. The third-order valence-corrected chi connectivity index (χ3v) is 6.43. The van der Waals surface area contributed by atoms with Gasteiger partial charge in [0, 0.05) is 11.5 Å². The van der Waals surface area contributed by atoms with E-state index in [1.165, 1.54) is 5.57 Å². The topological polar surface area (TPSA) is 80.7 Å². The number of carbonyl (C=O) groups is 3. The molecule has 0 amide bonds. The predicted molar refractivity (Wildman–Crippen MR) is 135 cm³/mol. The lowest BCUT2D eigenvalue weighted by Gasteiger charge is -2.26. The number of hydrogen-bond acceptors (Lipinski definition) is 5. The van der Waals surface area contributed by atoms with Crippen LogP contribution in [0.3, 0.4) is 0 Å². The Labute approximate surface area is 204 Å². The van der Waals surface area contributed by atoms with Crippen molar-refractivity contribution < 1.29 is 24.2 Å². The summed E-state index contributed by atoms with van der Waals surface area (Å²) in [4.78, 5) is 39.2. The minimum atomic E-state index is -0.743. The zero-order valence-corrected chi connectivity index (χ0v) is 21.5. The monoisotopic (exact) mass is 468 g/mol. The molecule has 0 fully saturated rings. The number of carbonyl (C=O) groups excluding carboxylic acids is 3. The highest BCUT2D eigenvalue weighted by molar-refractivity contribution is 6.51. The number of allylic oxidation sites excluding steroid dienone is 7. The molecule has 1 unspecified atom stereocenters. The average molecular weight is 469 g/mol. The van der Waals surface area contributed by atoms with E-state index < -0.39 is 17.5 Å². The van der Waals surface area contributed by atoms with Gasteiger partial charge in [-0.2, -0.15) is 0 Å². The molecule has 5 heteroatoms. The summed E-state index contributed by atoms with van der Waals surface area (Å²) >= 11 is 0. The van der Waals surface area contributed by atoms with Crippen LogP contribution in [-0.4, -0.2) is 29.2 Å². The van der Waals surface area contributed by atoms with Crippen molar-refractivity contribution in [3.05, 3.63) is 57.4 Å². The van der Waals surface area contributed by atoms with Gasteiger partial charge in [-0.1, -0.05) is 48.6 Å². The molecular formula is C29H40O5. The molecule has 0 aromatic carbocycles. The van der Waals surface area contributed by atoms with Gasteiger partial charge in [0.05, 0.1) is 5.57 Å². The maximum atomic E-state index is 13.1. The van der Waals surface area contributed by atoms with Gasteiger partial charge in [0.1, 0.15) is 17.9 Å². The molecule has 0 saturated carbocycles. The number of aliphatic hydroxyl groups is 1. The largest absolute Gasteiger partial charge is 0.507 e. The van der Waals surface area contributed by atoms with Crippen molar-refractivity contribution in [2.24, 2.45) is 5.92 Å². The molecule has 0 saturated heterocycles. The quantitative estimate of drug-likeness (QED) is 0.118. The van der Waals surface area contributed by atoms with Crippen LogP contribution >= 0.6 is 0 Å². The first-order valence-corrected chi connectivity index (χ1v) is 12.6. The predicted octanol–water partition coefficient (Wildman–Crippen LogP) is 6.81. The molecule has 2 aliphatic rings. The van der Waals surface area contributed by atoms with Crippen LogP contribution in [0.15, 0.2) is 57.4 Å². The second kappa shape index (κ2) is 13.3. The molecule has 0 heterocycles. The van der Waals surface area contributed by atoms with Gasteiger partial charge in [-0.3, -0.25) is 9.59 Å². The van der Waals surface area contributed by atoms with Crippen LogP contribution in [0.4, 0.5) is 0 Å². The number of hydrogen-bond donors (Lipinski definition) is 1. The van der Waals surface area contributed by atoms with Crippen LogP contribution in [-0.2, 0) is 19.1 Å². The lowest BCUT2D eigenvalue weighted by Crippen LogP contribution is -2.32. The molecule has 0 aromatic heterocycles. The van der Waals surface area contributed by atoms with E-state index in [2.05, 4.69) is 19.9 Å². The van der Waals surface area contributed by atoms with Crippen molar-refractivity contribution in [1.82, 2.24) is 0 Å². The van der Waals surface area contributed by atoms with Gasteiger partial charge in [-0.25, -0.2) is 4.79 Å². The fraction of sp³-hybridized carbons (Fsp3) is 0.552. The molecule has 186 valence electrons. The summed E-state index contributed by atoms with van der Waals surface area (Å²) < 4.78 is 5.47. The van der Waals surface area contributed by atoms with E-state index in [-0.39, 0.29) is 41.4 Å². The molecule has 0 spiro atoms. The van der Waals surface area contributed by atoms with Gasteiger partial charge in [0.15, 0.2) is 0 Å². The minimum absolute atomic E-state index is 0.0451. The second-order valence-electron chi connectivity index (χ2n) is 9.71. The van der Waals surface area contributed by atoms with Crippen LogP contribution in [0.1, 0.15) is 92.4 Å². The van der Waals surface area contributed by atoms with Gasteiger partial charge in [-0.05, 0) is 78.7 Å². The third-order valence-electron chi connectivity index (χ3n) is 6.43. The van der Waals surface area contributed by atoms with Crippen molar-refractivity contribution >= 4 is 17.5 Å². The molecule has 1 N–H and O–H groups in total. The fourth-order valence-corrected chi connectivity index (χ4v) is 4.47. The van der Waals surface area contributed by atoms with E-state index in [4.69, 9.17) is 4.74 Å². The van der Waals surface area contributed by atoms with Gasteiger partial charge in [0.2, 0.25) is 11.6 Å². The lowest BCUT2D eigenvalue weighted by molar-refractivity contribution is -0.138. The first-order valence-electron chi connectivity index (χ1n) is 12.6. The molecule has 2 rings (SSSR count). The second-order valence-corrected chi connectivity index (χ2v) is 9.71. The number of ketones is 2. The Balaban J connectivity index is 2.32. The third kappa shape index (κ3) is 7.41. The Morgan fingerprint density at radius 3 is 2.53 bits per heavy atom. The first kappa shape index (κ1) is 27.6. The van der Waals surface area contributed by atoms with E-state index in [0.29, 0.717) is 12.8 Å². The maximum absolute atomic E-state index is 13.1. The number of rotatable bonds is 11. The molecule has 0 aromatic rings. The van der Waals surface area contributed by atoms with Crippen molar-refractivity contribution in [1.29, 1.82) is 0 Å². The highest BCUT2D eigenvalue weighted by Crippen LogP contribution is 2.37. The number of aliphatic hydroxyl groups excluding tert-OH is 1. The molecule has 2 aliphatic carbocycles. The fourth-order valence-electron chi connectivity index (χ4n) is 4.47. The summed E-state index contributed by atoms with van der Waals surface area (Å²) in [5, 5.41) is 11.1. The maximum Gasteiger partial charge on any atom is 0.342 e. The van der Waals surface area contributed by atoms with E-state index in [1.54, 1.807) is 0 Å². The summed E-state index contributed by atoms with van der Waals surface area (Å²) in [6.07, 6.45) is 12.9. The number of unbranched alkanes of at least 4 members (excludes halogenated alkanes) is 2. The minimum Gasteiger partial charge on any atom is -0.507 e. The molecule has 0 bridgehead atoms. The van der Waals surface area contributed by atoms with Gasteiger partial charge < -0.3 is 9.84 Å². The summed E-state index contributed by atoms with van der Waals surface area (Å²) in [6.45, 7) is 10.2. The van der Waals surface area contributed by atoms with Crippen LogP contribution in [0.25, 0.3) is 0 Å². The first-order chi connectivity index (χ1) is 16.2. The van der Waals surface area contributed by atoms with Crippen molar-refractivity contribution in [3.63, 3.8) is 0 Å². The van der Waals surface area contributed by atoms with E-state index in [1.807, 2.05) is 32.9 Å². The summed E-state index contributed by atoms with van der Waals surface area (Å²) in [6, 6.07) is 0. The van der Waals surface area contributed by atoms with Crippen LogP contribution in [0.5, 0.6) is 0 Å². The van der Waals surface area contributed by atoms with E-state index >= 15 is 0 Å². The molecule has 0 aliphatic heterocycles. The Kier molecular flexibility index (Phi) is 10.7. The number of ether oxygens (including phenoxy) is 1. The SMILES string of the molecule is CCCCCC1=C(C(=O)OC/C=C(\C)CCC=C(C)C)C(O)=C(C2C=C(C)CCC2)C(=O)C1=O. The molecular weight excluding hydrogens is 428 g/mol. The molecule has 34 heavy (non-hydrogen) atoms. The van der Waals surface area contributed by atoms with Crippen molar-refractivity contribution in [2.45, 2.75) is 92.4 Å². The Morgan fingerprint density at radius 1 is 1.15 bits per heavy atom. The van der Waals surface area contributed by atoms with Crippen LogP contribution in [0.2, 0.25) is 0 Å². The number of Topliss-reactive ketones (excluding diaryl/α,β-unsaturated/α-hetero) is 2. The summed E-state index contributed by atoms with van der Waals surface area (Å²) in [7, 11) is 0. The van der Waals surface area contributed by atoms with E-state index in [9.17, 15) is 19.5 Å². The van der Waals surface area contributed by atoms with Crippen LogP contribution < -0.4 is 0 Å². The van der Waals surface area contributed by atoms with Gasteiger partial charge >= 0.3 is 5.97 Å². The van der Waals surface area contributed by atoms with Gasteiger partial charge in [-0.15, -0.1) is 0 Å². The Bertz CT molecular complexity index is 951. The zero-order chi connectivity index (χ0) is 25.3. The molecule has 5 nitrogen and oxygen atoms in total. The summed E-state index contributed by atoms with van der Waals surface area (Å²) in [5.74, 6) is -2.84. The molecule has 0 radical (unpaired) electrons. The van der Waals surface area contributed by atoms with Crippen LogP contribution in [0, 0.1) is 5.92 Å². The number of esters is 1. The highest BCUT2D eigenvalue weighted by Gasteiger charge is 2.40. The normalized spacial score (nSPS) is 19.4.